The molecule has 0 N–H and O–H groups in total. The first-order chi connectivity index (χ1) is 9.73. The topological polar surface area (TPSA) is 46.6 Å². The van der Waals surface area contributed by atoms with Gasteiger partial charge in [-0.25, -0.2) is 8.42 Å². The highest BCUT2D eigenvalue weighted by Gasteiger charge is 2.31. The quantitative estimate of drug-likeness (QED) is 0.774. The summed E-state index contributed by atoms with van der Waals surface area (Å²) in [5.41, 5.74) is -0.875. The number of hydrogen-bond acceptors (Lipinski definition) is 3. The molecule has 0 spiro atoms. The van der Waals surface area contributed by atoms with Gasteiger partial charge in [0.15, 0.2) is 0 Å². The van der Waals surface area contributed by atoms with E-state index in [1.54, 1.807) is 0 Å². The lowest BCUT2D eigenvalue weighted by atomic mass is 10.2. The number of methoxy groups -OCH3 is 1. The number of alkyl halides is 3. The molecule has 0 radical (unpaired) electrons. The SMILES string of the molecule is CCCN(CCOC)S(=O)(=O)c1ccc(C(F)(F)F)cc1. The van der Waals surface area contributed by atoms with Gasteiger partial charge in [-0.1, -0.05) is 6.92 Å². The van der Waals surface area contributed by atoms with E-state index < -0.39 is 21.8 Å². The van der Waals surface area contributed by atoms with Crippen LogP contribution in [0.2, 0.25) is 0 Å². The highest BCUT2D eigenvalue weighted by molar-refractivity contribution is 7.89. The fourth-order valence-electron chi connectivity index (χ4n) is 1.76. The van der Waals surface area contributed by atoms with Crippen LogP contribution in [0.3, 0.4) is 0 Å². The van der Waals surface area contributed by atoms with Crippen molar-refractivity contribution in [3.05, 3.63) is 29.8 Å². The molecule has 1 rings (SSSR count). The van der Waals surface area contributed by atoms with Crippen LogP contribution < -0.4 is 0 Å². The summed E-state index contributed by atoms with van der Waals surface area (Å²) in [5, 5.41) is 0. The maximum Gasteiger partial charge on any atom is 0.416 e. The lowest BCUT2D eigenvalue weighted by Crippen LogP contribution is -2.34. The van der Waals surface area contributed by atoms with Gasteiger partial charge in [-0.2, -0.15) is 17.5 Å². The van der Waals surface area contributed by atoms with Crippen molar-refractivity contribution >= 4 is 10.0 Å². The molecule has 0 bridgehead atoms. The maximum atomic E-state index is 12.5. The first-order valence-electron chi connectivity index (χ1n) is 6.39. The molecule has 1 aromatic carbocycles. The van der Waals surface area contributed by atoms with Crippen molar-refractivity contribution in [3.63, 3.8) is 0 Å². The number of sulfonamides is 1. The summed E-state index contributed by atoms with van der Waals surface area (Å²) in [4.78, 5) is -0.153. The van der Waals surface area contributed by atoms with Crippen molar-refractivity contribution < 1.29 is 26.3 Å². The number of benzene rings is 1. The van der Waals surface area contributed by atoms with Crippen LogP contribution >= 0.6 is 0 Å². The average Bonchev–Trinajstić information content (AvgIpc) is 2.42. The fourth-order valence-corrected chi connectivity index (χ4v) is 3.28. The molecule has 0 heterocycles. The van der Waals surface area contributed by atoms with E-state index in [0.29, 0.717) is 6.42 Å². The largest absolute Gasteiger partial charge is 0.416 e. The van der Waals surface area contributed by atoms with Gasteiger partial charge in [-0.15, -0.1) is 0 Å². The van der Waals surface area contributed by atoms with Gasteiger partial charge in [0.2, 0.25) is 10.0 Å². The van der Waals surface area contributed by atoms with Crippen LogP contribution in [0.4, 0.5) is 13.2 Å². The molecule has 120 valence electrons. The number of rotatable bonds is 7. The Kier molecular flexibility index (Phi) is 6.18. The minimum absolute atomic E-state index is 0.153. The van der Waals surface area contributed by atoms with Gasteiger partial charge in [0.05, 0.1) is 17.1 Å². The molecule has 0 aliphatic heterocycles. The first kappa shape index (κ1) is 17.9. The molecule has 8 heteroatoms. The second-order valence-electron chi connectivity index (χ2n) is 4.42. The first-order valence-corrected chi connectivity index (χ1v) is 7.83. The summed E-state index contributed by atoms with van der Waals surface area (Å²) in [6.07, 6.45) is -3.88. The van der Waals surface area contributed by atoms with E-state index in [9.17, 15) is 21.6 Å². The molecule has 0 fully saturated rings. The Morgan fingerprint density at radius 3 is 2.14 bits per heavy atom. The summed E-state index contributed by atoms with van der Waals surface area (Å²) in [5.74, 6) is 0. The Labute approximate surface area is 122 Å². The van der Waals surface area contributed by atoms with Crippen molar-refractivity contribution in [2.45, 2.75) is 24.4 Å². The lowest BCUT2D eigenvalue weighted by molar-refractivity contribution is -0.137. The second kappa shape index (κ2) is 7.24. The van der Waals surface area contributed by atoms with Crippen LogP contribution in [-0.2, 0) is 20.9 Å². The third-order valence-corrected chi connectivity index (χ3v) is 4.75. The van der Waals surface area contributed by atoms with Crippen LogP contribution in [0.5, 0.6) is 0 Å². The molecule has 4 nitrogen and oxygen atoms in total. The molecule has 21 heavy (non-hydrogen) atoms. The lowest BCUT2D eigenvalue weighted by Gasteiger charge is -2.21. The summed E-state index contributed by atoms with van der Waals surface area (Å²) < 4.78 is 68.3. The predicted octanol–water partition coefficient (Wildman–Crippen LogP) is 2.75. The van der Waals surface area contributed by atoms with Gasteiger partial charge in [-0.3, -0.25) is 0 Å². The third kappa shape index (κ3) is 4.69. The smallest absolute Gasteiger partial charge is 0.383 e. The zero-order chi connectivity index (χ0) is 16.1. The van der Waals surface area contributed by atoms with Crippen LogP contribution in [-0.4, -0.2) is 39.5 Å². The van der Waals surface area contributed by atoms with E-state index in [-0.39, 0.29) is 24.6 Å². The van der Waals surface area contributed by atoms with Crippen molar-refractivity contribution in [2.75, 3.05) is 26.8 Å². The Bertz CT molecular complexity index is 541. The van der Waals surface area contributed by atoms with Crippen LogP contribution in [0.1, 0.15) is 18.9 Å². The molecule has 0 saturated carbocycles. The highest BCUT2D eigenvalue weighted by atomic mass is 32.2. The van der Waals surface area contributed by atoms with Crippen LogP contribution in [0.15, 0.2) is 29.2 Å². The molecule has 0 aromatic heterocycles. The molecule has 0 unspecified atom stereocenters. The van der Waals surface area contributed by atoms with Gasteiger partial charge in [0.25, 0.3) is 0 Å². The van der Waals surface area contributed by atoms with Crippen LogP contribution in [0.25, 0.3) is 0 Å². The van der Waals surface area contributed by atoms with Crippen molar-refractivity contribution in [2.24, 2.45) is 0 Å². The zero-order valence-corrected chi connectivity index (χ0v) is 12.7. The summed E-state index contributed by atoms with van der Waals surface area (Å²) in [7, 11) is -2.36. The minimum atomic E-state index is -4.48. The van der Waals surface area contributed by atoms with E-state index in [0.717, 1.165) is 24.3 Å². The summed E-state index contributed by atoms with van der Waals surface area (Å²) in [6.45, 7) is 2.49. The normalized spacial score (nSPS) is 12.9. The van der Waals surface area contributed by atoms with Crippen molar-refractivity contribution in [3.8, 4) is 0 Å². The molecule has 0 atom stereocenters. The number of nitrogens with zero attached hydrogens (tertiary/aromatic N) is 1. The van der Waals surface area contributed by atoms with E-state index in [4.69, 9.17) is 4.74 Å². The molecule has 0 aliphatic carbocycles. The van der Waals surface area contributed by atoms with E-state index in [1.807, 2.05) is 6.92 Å². The molecule has 0 saturated heterocycles. The molecular formula is C13H18F3NO3S. The van der Waals surface area contributed by atoms with Gasteiger partial charge >= 0.3 is 6.18 Å². The third-order valence-electron chi connectivity index (χ3n) is 2.84. The number of hydrogen-bond donors (Lipinski definition) is 0. The van der Waals surface area contributed by atoms with Crippen molar-refractivity contribution in [1.82, 2.24) is 4.31 Å². The Morgan fingerprint density at radius 2 is 1.71 bits per heavy atom. The standard InChI is InChI=1S/C13H18F3NO3S/c1-3-8-17(9-10-20-2)21(18,19)12-6-4-11(5-7-12)13(14,15)16/h4-7H,3,8-10H2,1-2H3. The van der Waals surface area contributed by atoms with Gasteiger partial charge < -0.3 is 4.74 Å². The number of halogens is 3. The van der Waals surface area contributed by atoms with Crippen LogP contribution in [0, 0.1) is 0 Å². The molecule has 1 aromatic rings. The van der Waals surface area contributed by atoms with E-state index in [2.05, 4.69) is 0 Å². The van der Waals surface area contributed by atoms with Crippen molar-refractivity contribution in [1.29, 1.82) is 0 Å². The van der Waals surface area contributed by atoms with E-state index in [1.165, 1.54) is 11.4 Å². The second-order valence-corrected chi connectivity index (χ2v) is 6.36. The fraction of sp³-hybridized carbons (Fsp3) is 0.538. The van der Waals surface area contributed by atoms with Gasteiger partial charge in [0, 0.05) is 20.2 Å². The van der Waals surface area contributed by atoms with Gasteiger partial charge in [-0.05, 0) is 30.7 Å². The molecule has 0 amide bonds. The zero-order valence-electron chi connectivity index (χ0n) is 11.9. The average molecular weight is 325 g/mol. The predicted molar refractivity (Wildman–Crippen MR) is 72.4 cm³/mol. The summed E-state index contributed by atoms with van der Waals surface area (Å²) >= 11 is 0. The van der Waals surface area contributed by atoms with E-state index >= 15 is 0 Å². The minimum Gasteiger partial charge on any atom is -0.383 e. The number of ether oxygens (including phenoxy) is 1. The molecule has 0 aliphatic rings. The Balaban J connectivity index is 3.04. The maximum absolute atomic E-state index is 12.5. The monoisotopic (exact) mass is 325 g/mol. The Morgan fingerprint density at radius 1 is 1.14 bits per heavy atom. The molecular weight excluding hydrogens is 307 g/mol. The van der Waals surface area contributed by atoms with Gasteiger partial charge in [0.1, 0.15) is 0 Å². The Hall–Kier alpha value is -1.12. The highest BCUT2D eigenvalue weighted by Crippen LogP contribution is 2.30. The summed E-state index contributed by atoms with van der Waals surface area (Å²) in [6, 6.07) is 3.50.